The maximum absolute atomic E-state index is 7.15. The Hall–Kier alpha value is -7.56. The van der Waals surface area contributed by atoms with Crippen LogP contribution in [0.5, 0.6) is 0 Å². The topological polar surface area (TPSA) is 32.8 Å². The molecular weight excluding hydrogens is 757 g/mol. The summed E-state index contributed by atoms with van der Waals surface area (Å²) in [5, 5.41) is 2.22. The number of anilines is 6. The first kappa shape index (κ1) is 36.3. The van der Waals surface area contributed by atoms with E-state index in [2.05, 4.69) is 219 Å². The van der Waals surface area contributed by atoms with Crippen LogP contribution in [0.1, 0.15) is 49.9 Å². The van der Waals surface area contributed by atoms with Crippen molar-refractivity contribution in [1.29, 1.82) is 0 Å². The van der Waals surface area contributed by atoms with Crippen molar-refractivity contribution in [2.45, 2.75) is 38.5 Å². The normalized spacial score (nSPS) is 14.1. The molecule has 0 atom stereocenters. The van der Waals surface area contributed by atoms with Gasteiger partial charge in [-0.3, -0.25) is 0 Å². The van der Waals surface area contributed by atoms with Gasteiger partial charge in [-0.1, -0.05) is 131 Å². The number of nitrogens with zero attached hydrogens (tertiary/aromatic N) is 2. The predicted octanol–water partition coefficient (Wildman–Crippen LogP) is 16.4. The van der Waals surface area contributed by atoms with Crippen LogP contribution >= 0.6 is 0 Å². The van der Waals surface area contributed by atoms with Crippen molar-refractivity contribution >= 4 is 56.1 Å². The summed E-state index contributed by atoms with van der Waals surface area (Å²) >= 11 is 0. The Morgan fingerprint density at radius 1 is 0.355 bits per heavy atom. The van der Waals surface area contributed by atoms with E-state index in [9.17, 15) is 0 Å². The Morgan fingerprint density at radius 3 is 1.48 bits per heavy atom. The Morgan fingerprint density at radius 2 is 0.839 bits per heavy atom. The molecule has 0 radical (unpaired) electrons. The summed E-state index contributed by atoms with van der Waals surface area (Å²) in [6.45, 7) is 9.49. The summed E-state index contributed by atoms with van der Waals surface area (Å²) < 4.78 is 13.4. The van der Waals surface area contributed by atoms with Crippen LogP contribution in [0.15, 0.2) is 203 Å². The van der Waals surface area contributed by atoms with E-state index in [4.69, 9.17) is 8.83 Å². The molecule has 8 aromatic carbocycles. The molecule has 4 heteroatoms. The third-order valence-corrected chi connectivity index (χ3v) is 13.4. The number of para-hydroxylation sites is 4. The number of rotatable bonds is 7. The van der Waals surface area contributed by atoms with Gasteiger partial charge in [0.1, 0.15) is 22.7 Å². The van der Waals surface area contributed by atoms with Gasteiger partial charge in [-0.2, -0.15) is 0 Å². The van der Waals surface area contributed by atoms with Gasteiger partial charge in [0.15, 0.2) is 0 Å². The van der Waals surface area contributed by atoms with Crippen LogP contribution < -0.4 is 9.80 Å². The average molecular weight is 801 g/mol. The largest absolute Gasteiger partial charge is 0.456 e. The van der Waals surface area contributed by atoms with Crippen molar-refractivity contribution < 1.29 is 8.83 Å². The van der Waals surface area contributed by atoms with Gasteiger partial charge in [0.05, 0.1) is 5.69 Å². The van der Waals surface area contributed by atoms with Crippen LogP contribution in [0.2, 0.25) is 0 Å². The minimum atomic E-state index is -0.322. The van der Waals surface area contributed by atoms with Crippen LogP contribution in [0.4, 0.5) is 34.1 Å². The van der Waals surface area contributed by atoms with Crippen molar-refractivity contribution in [3.05, 3.63) is 216 Å². The Balaban J connectivity index is 0.962. The lowest BCUT2D eigenvalue weighted by Gasteiger charge is -2.31. The maximum atomic E-state index is 7.15. The number of hydrogen-bond acceptors (Lipinski definition) is 4. The minimum Gasteiger partial charge on any atom is -0.456 e. The molecule has 0 spiro atoms. The zero-order chi connectivity index (χ0) is 41.7. The summed E-state index contributed by atoms with van der Waals surface area (Å²) in [7, 11) is 0. The highest BCUT2D eigenvalue weighted by Gasteiger charge is 2.50. The maximum Gasteiger partial charge on any atom is 0.139 e. The molecule has 62 heavy (non-hydrogen) atoms. The second-order valence-corrected chi connectivity index (χ2v) is 17.7. The molecular formula is C58H44N2O2. The van der Waals surface area contributed by atoms with E-state index in [0.717, 1.165) is 73.1 Å². The van der Waals surface area contributed by atoms with Crippen LogP contribution in [0.3, 0.4) is 0 Å². The molecule has 0 bridgehead atoms. The third-order valence-electron chi connectivity index (χ3n) is 13.4. The highest BCUT2D eigenvalue weighted by molar-refractivity contribution is 6.06. The third kappa shape index (κ3) is 5.32. The van der Waals surface area contributed by atoms with E-state index in [1.165, 1.54) is 38.9 Å². The SMILES string of the molecule is CC1(C)c2cc(N(c3ccccc3)c3ccc4oc5ccccc5c4c3)ccc2-c2oc3c(c21)C(C)(C)c1cc(N(c2ccccc2)c2ccccc2-c2ccccc2)ccc1-3. The molecule has 2 aromatic heterocycles. The fourth-order valence-corrected chi connectivity index (χ4v) is 10.5. The van der Waals surface area contributed by atoms with Crippen LogP contribution in [-0.2, 0) is 10.8 Å². The van der Waals surface area contributed by atoms with Gasteiger partial charge in [-0.05, 0) is 108 Å². The molecule has 0 unspecified atom stereocenters. The van der Waals surface area contributed by atoms with E-state index in [0.29, 0.717) is 0 Å². The number of fused-ring (bicyclic) bond motifs is 10. The molecule has 2 heterocycles. The van der Waals surface area contributed by atoms with Gasteiger partial charge < -0.3 is 18.6 Å². The lowest BCUT2D eigenvalue weighted by molar-refractivity contribution is 0.592. The summed E-state index contributed by atoms with van der Waals surface area (Å²) in [6, 6.07) is 69.4. The Bertz CT molecular complexity index is 3360. The van der Waals surface area contributed by atoms with Gasteiger partial charge in [0.2, 0.25) is 0 Å². The van der Waals surface area contributed by atoms with Crippen molar-refractivity contribution in [3.8, 4) is 33.8 Å². The Kier molecular flexibility index (Phi) is 7.89. The molecule has 298 valence electrons. The van der Waals surface area contributed by atoms with Gasteiger partial charge in [-0.15, -0.1) is 0 Å². The molecule has 4 nitrogen and oxygen atoms in total. The fourth-order valence-electron chi connectivity index (χ4n) is 10.5. The van der Waals surface area contributed by atoms with Crippen LogP contribution in [-0.4, -0.2) is 0 Å². The summed E-state index contributed by atoms with van der Waals surface area (Å²) in [4.78, 5) is 4.76. The van der Waals surface area contributed by atoms with Crippen LogP contribution in [0.25, 0.3) is 55.7 Å². The number of hydrogen-bond donors (Lipinski definition) is 0. The van der Waals surface area contributed by atoms with Crippen molar-refractivity contribution in [3.63, 3.8) is 0 Å². The monoisotopic (exact) mass is 800 g/mol. The molecule has 0 fully saturated rings. The van der Waals surface area contributed by atoms with Gasteiger partial charge >= 0.3 is 0 Å². The molecule has 0 N–H and O–H groups in total. The van der Waals surface area contributed by atoms with Crippen molar-refractivity contribution in [2.24, 2.45) is 0 Å². The van der Waals surface area contributed by atoms with Crippen molar-refractivity contribution in [1.82, 2.24) is 0 Å². The van der Waals surface area contributed by atoms with E-state index >= 15 is 0 Å². The van der Waals surface area contributed by atoms with E-state index in [-0.39, 0.29) is 10.8 Å². The van der Waals surface area contributed by atoms with Crippen LogP contribution in [0, 0.1) is 0 Å². The summed E-state index contributed by atoms with van der Waals surface area (Å²) in [5.74, 6) is 1.98. The minimum absolute atomic E-state index is 0.319. The second-order valence-electron chi connectivity index (χ2n) is 17.7. The van der Waals surface area contributed by atoms with Crippen molar-refractivity contribution in [2.75, 3.05) is 9.80 Å². The quantitative estimate of drug-likeness (QED) is 0.161. The highest BCUT2D eigenvalue weighted by Crippen LogP contribution is 2.62. The molecule has 2 aliphatic carbocycles. The van der Waals surface area contributed by atoms with E-state index in [1.54, 1.807) is 0 Å². The number of benzene rings is 8. The average Bonchev–Trinajstić information content (AvgIpc) is 4.01. The number of furan rings is 2. The van der Waals surface area contributed by atoms with E-state index in [1.807, 2.05) is 12.1 Å². The molecule has 0 saturated heterocycles. The zero-order valence-corrected chi connectivity index (χ0v) is 35.2. The first-order chi connectivity index (χ1) is 30.3. The first-order valence-electron chi connectivity index (χ1n) is 21.5. The molecule has 2 aliphatic rings. The summed E-state index contributed by atoms with van der Waals surface area (Å²) in [5.41, 5.74) is 17.6. The highest BCUT2D eigenvalue weighted by atomic mass is 16.3. The van der Waals surface area contributed by atoms with Gasteiger partial charge in [0, 0.05) is 77.9 Å². The fraction of sp³-hybridized carbons (Fsp3) is 0.103. The second kappa shape index (κ2) is 13.5. The zero-order valence-electron chi connectivity index (χ0n) is 35.2. The molecule has 0 saturated carbocycles. The molecule has 0 amide bonds. The molecule has 12 rings (SSSR count). The van der Waals surface area contributed by atoms with Gasteiger partial charge in [-0.25, -0.2) is 0 Å². The van der Waals surface area contributed by atoms with Gasteiger partial charge in [0.25, 0.3) is 0 Å². The lowest BCUT2D eigenvalue weighted by Crippen LogP contribution is -2.23. The predicted molar refractivity (Wildman–Crippen MR) is 256 cm³/mol. The molecule has 10 aromatic rings. The molecule has 0 aliphatic heterocycles. The summed E-state index contributed by atoms with van der Waals surface area (Å²) in [6.07, 6.45) is 0. The lowest BCUT2D eigenvalue weighted by atomic mass is 9.74. The Labute approximate surface area is 361 Å². The first-order valence-corrected chi connectivity index (χ1v) is 21.5. The van der Waals surface area contributed by atoms with E-state index < -0.39 is 0 Å². The smallest absolute Gasteiger partial charge is 0.139 e. The standard InChI is InChI=1S/C58H44N2O2/c1-57(2)48-35-41(59(38-20-10-6-11-21-38)40-30-33-52-47(34-40)44-25-15-17-27-51(44)61-52)28-31-45(48)55-53(57)54-56(62-55)46-32-29-42(36-49(46)58(54,3)4)60(39-22-12-7-13-23-39)50-26-16-14-24-43(50)37-18-8-5-9-19-37/h5-36H,1-4H3.